The number of nitrogens with one attached hydrogen (secondary N) is 2. The van der Waals surface area contributed by atoms with Gasteiger partial charge in [-0.1, -0.05) is 75.7 Å². The second kappa shape index (κ2) is 27.4. The Morgan fingerprint density at radius 1 is 0.909 bits per heavy atom. The second-order valence-electron chi connectivity index (χ2n) is 14.7. The van der Waals surface area contributed by atoms with E-state index in [4.69, 9.17) is 18.9 Å². The third kappa shape index (κ3) is 20.9. The first-order valence-corrected chi connectivity index (χ1v) is 19.6. The molecule has 0 aliphatic heterocycles. The third-order valence-electron chi connectivity index (χ3n) is 8.73. The van der Waals surface area contributed by atoms with Crippen molar-refractivity contribution in [3.05, 3.63) is 42.0 Å². The average molecular weight is 771 g/mol. The fourth-order valence-electron chi connectivity index (χ4n) is 5.71. The molecule has 3 atom stereocenters. The molecule has 0 spiro atoms. The van der Waals surface area contributed by atoms with Crippen molar-refractivity contribution in [3.63, 3.8) is 0 Å². The van der Waals surface area contributed by atoms with Crippen LogP contribution in [0.3, 0.4) is 0 Å². The zero-order valence-electron chi connectivity index (χ0n) is 34.3. The van der Waals surface area contributed by atoms with Gasteiger partial charge in [0.25, 0.3) is 0 Å². The molecular weight excluding hydrogens is 704 g/mol. The van der Waals surface area contributed by atoms with Gasteiger partial charge in [-0.15, -0.1) is 5.92 Å². The standard InChI is InChI=1S/C43H66N2O10/c1-8-10-12-15-18-21-34(46)22-19-16-13-14-17-20-23-36(43(51,41(50)55-42(3,4)5)32-38(47)44-28-30-52-6)39(48)45-37(40(49)53-7)31-33-24-26-35(27-25-33)54-29-11-9-2/h20,23-27,36-37,51H,8,10,12-19,21-22,28-32H2,1-7H3,(H,44,47)(H,45,48)/b23-20+/t36-,37+,43+/m1/s1. The zero-order valence-corrected chi connectivity index (χ0v) is 34.3. The Bertz CT molecular complexity index is 1410. The van der Waals surface area contributed by atoms with E-state index in [0.29, 0.717) is 36.4 Å². The molecule has 0 bridgehead atoms. The average Bonchev–Trinajstić information content (AvgIpc) is 3.13. The van der Waals surface area contributed by atoms with Gasteiger partial charge in [0.05, 0.1) is 26.1 Å². The van der Waals surface area contributed by atoms with Gasteiger partial charge in [-0.3, -0.25) is 14.4 Å². The van der Waals surface area contributed by atoms with Gasteiger partial charge in [0.15, 0.2) is 5.60 Å². The fraction of sp³-hybridized carbons (Fsp3) is 0.651. The third-order valence-corrected chi connectivity index (χ3v) is 8.73. The number of ether oxygens (including phenoxy) is 4. The van der Waals surface area contributed by atoms with Crippen LogP contribution < -0.4 is 15.4 Å². The van der Waals surface area contributed by atoms with Crippen LogP contribution in [-0.2, 0) is 44.6 Å². The molecule has 12 heteroatoms. The lowest BCUT2D eigenvalue weighted by atomic mass is 9.82. The van der Waals surface area contributed by atoms with Crippen molar-refractivity contribution in [2.75, 3.05) is 34.0 Å². The van der Waals surface area contributed by atoms with Crippen molar-refractivity contribution in [3.8, 4) is 17.6 Å². The summed E-state index contributed by atoms with van der Waals surface area (Å²) in [6.07, 6.45) is 12.8. The number of carbonyl (C=O) groups excluding carboxylic acids is 5. The normalized spacial score (nSPS) is 13.5. The molecule has 0 fully saturated rings. The molecule has 12 nitrogen and oxygen atoms in total. The van der Waals surface area contributed by atoms with Crippen molar-refractivity contribution in [1.82, 2.24) is 10.6 Å². The summed E-state index contributed by atoms with van der Waals surface area (Å²) in [7, 11) is 2.66. The molecule has 55 heavy (non-hydrogen) atoms. The van der Waals surface area contributed by atoms with Crippen molar-refractivity contribution in [2.45, 2.75) is 142 Å². The van der Waals surface area contributed by atoms with Crippen LogP contribution >= 0.6 is 0 Å². The Morgan fingerprint density at radius 3 is 2.13 bits per heavy atom. The highest BCUT2D eigenvalue weighted by atomic mass is 16.6. The minimum absolute atomic E-state index is 0.0215. The number of hydrogen-bond acceptors (Lipinski definition) is 10. The van der Waals surface area contributed by atoms with Crippen molar-refractivity contribution >= 4 is 29.5 Å². The molecule has 308 valence electrons. The van der Waals surface area contributed by atoms with E-state index in [2.05, 4.69) is 29.4 Å². The van der Waals surface area contributed by atoms with Crippen LogP contribution in [0.1, 0.15) is 124 Å². The minimum atomic E-state index is -2.65. The van der Waals surface area contributed by atoms with Gasteiger partial charge in [0, 0.05) is 32.9 Å². The monoisotopic (exact) mass is 770 g/mol. The Labute approximate surface area is 328 Å². The number of allylic oxidation sites excluding steroid dienone is 1. The molecule has 0 aliphatic rings. The summed E-state index contributed by atoms with van der Waals surface area (Å²) in [5.74, 6) is 1.31. The van der Waals surface area contributed by atoms with Gasteiger partial charge >= 0.3 is 11.9 Å². The smallest absolute Gasteiger partial charge is 0.340 e. The number of aliphatic hydroxyl groups is 1. The lowest BCUT2D eigenvalue weighted by Gasteiger charge is -2.34. The first kappa shape index (κ1) is 48.8. The highest BCUT2D eigenvalue weighted by Gasteiger charge is 2.51. The first-order chi connectivity index (χ1) is 26.2. The predicted octanol–water partition coefficient (Wildman–Crippen LogP) is 5.96. The summed E-state index contributed by atoms with van der Waals surface area (Å²) in [6, 6.07) is 5.69. The summed E-state index contributed by atoms with van der Waals surface area (Å²) < 4.78 is 21.1. The van der Waals surface area contributed by atoms with E-state index in [1.807, 2.05) is 0 Å². The van der Waals surface area contributed by atoms with Crippen LogP contribution in [0.15, 0.2) is 36.4 Å². The number of methoxy groups -OCH3 is 2. The number of esters is 2. The van der Waals surface area contributed by atoms with E-state index in [-0.39, 0.29) is 26.2 Å². The Balaban J connectivity index is 3.24. The Kier molecular flexibility index (Phi) is 24.3. The molecule has 0 aromatic heterocycles. The number of ketones is 1. The molecule has 0 aliphatic carbocycles. The van der Waals surface area contributed by atoms with E-state index in [9.17, 15) is 29.1 Å². The van der Waals surface area contributed by atoms with Crippen LogP contribution in [0.5, 0.6) is 5.75 Å². The van der Waals surface area contributed by atoms with Crippen molar-refractivity contribution < 1.29 is 48.0 Å². The number of amides is 2. The molecule has 0 saturated carbocycles. The summed E-state index contributed by atoms with van der Waals surface area (Å²) in [6.45, 7) is 9.22. The maximum absolute atomic E-state index is 14.2. The van der Waals surface area contributed by atoms with Gasteiger partial charge < -0.3 is 34.7 Å². The van der Waals surface area contributed by atoms with Crippen LogP contribution in [0, 0.1) is 17.8 Å². The molecule has 0 heterocycles. The van der Waals surface area contributed by atoms with Gasteiger partial charge in [0.2, 0.25) is 11.8 Å². The summed E-state index contributed by atoms with van der Waals surface area (Å²) in [5, 5.41) is 17.3. The predicted molar refractivity (Wildman–Crippen MR) is 212 cm³/mol. The van der Waals surface area contributed by atoms with E-state index in [1.165, 1.54) is 39.6 Å². The van der Waals surface area contributed by atoms with E-state index in [0.717, 1.165) is 38.5 Å². The fourth-order valence-corrected chi connectivity index (χ4v) is 5.71. The topological polar surface area (TPSA) is 167 Å². The minimum Gasteiger partial charge on any atom is -0.481 e. The molecule has 0 unspecified atom stereocenters. The van der Waals surface area contributed by atoms with Gasteiger partial charge in [-0.2, -0.15) is 0 Å². The van der Waals surface area contributed by atoms with Crippen molar-refractivity contribution in [2.24, 2.45) is 5.92 Å². The molecule has 0 saturated heterocycles. The number of rotatable bonds is 28. The SMILES string of the molecule is CC#CCOc1ccc(C[C@H](NC(=O)[C@@H](/C=C/CCCCCCC(=O)CCCCCCC)[C@@](O)(CC(=O)NCCOC)C(=O)OC(C)(C)C)C(=O)OC)cc1. The second-order valence-corrected chi connectivity index (χ2v) is 14.7. The number of unbranched alkanes of at least 4 members (excludes halogenated alkanes) is 8. The molecule has 1 rings (SSSR count). The van der Waals surface area contributed by atoms with Crippen LogP contribution in [0.4, 0.5) is 0 Å². The number of benzene rings is 1. The van der Waals surface area contributed by atoms with E-state index in [1.54, 1.807) is 58.0 Å². The summed E-state index contributed by atoms with van der Waals surface area (Å²) in [4.78, 5) is 66.2. The number of hydrogen-bond donors (Lipinski definition) is 3. The largest absolute Gasteiger partial charge is 0.481 e. The number of carbonyl (C=O) groups is 5. The highest BCUT2D eigenvalue weighted by Crippen LogP contribution is 2.29. The van der Waals surface area contributed by atoms with Crippen molar-refractivity contribution in [1.29, 1.82) is 0 Å². The van der Waals surface area contributed by atoms with E-state index >= 15 is 0 Å². The maximum atomic E-state index is 14.2. The van der Waals surface area contributed by atoms with E-state index < -0.39 is 53.3 Å². The van der Waals surface area contributed by atoms with Crippen LogP contribution in [0.25, 0.3) is 0 Å². The molecule has 3 N–H and O–H groups in total. The molecule has 1 aromatic carbocycles. The summed E-state index contributed by atoms with van der Waals surface area (Å²) >= 11 is 0. The highest BCUT2D eigenvalue weighted by molar-refractivity contribution is 5.96. The van der Waals surface area contributed by atoms with Crippen LogP contribution in [0.2, 0.25) is 0 Å². The molecule has 2 amide bonds. The van der Waals surface area contributed by atoms with Gasteiger partial charge in [0.1, 0.15) is 29.8 Å². The lowest BCUT2D eigenvalue weighted by molar-refractivity contribution is -0.185. The molecular formula is C43H66N2O10. The maximum Gasteiger partial charge on any atom is 0.340 e. The molecule has 0 radical (unpaired) electrons. The number of Topliss-reactive ketones (excluding diaryl/α,β-unsaturated/α-hetero) is 1. The molecule has 1 aromatic rings. The van der Waals surface area contributed by atoms with Crippen LogP contribution in [-0.4, -0.2) is 85.9 Å². The van der Waals surface area contributed by atoms with Gasteiger partial charge in [-0.25, -0.2) is 9.59 Å². The summed E-state index contributed by atoms with van der Waals surface area (Å²) in [5.41, 5.74) is -3.04. The Morgan fingerprint density at radius 2 is 1.55 bits per heavy atom. The van der Waals surface area contributed by atoms with Gasteiger partial charge in [-0.05, 0) is 71.1 Å². The first-order valence-electron chi connectivity index (χ1n) is 19.6. The quantitative estimate of drug-likeness (QED) is 0.0401. The zero-order chi connectivity index (χ0) is 41.1. The Hall–Kier alpha value is -4.21. The lowest BCUT2D eigenvalue weighted by Crippen LogP contribution is -2.57.